The van der Waals surface area contributed by atoms with Gasteiger partial charge in [-0.3, -0.25) is 0 Å². The molecular weight excluding hydrogens is 202 g/mol. The minimum atomic E-state index is -0.553. The number of aromatic nitrogens is 1. The summed E-state index contributed by atoms with van der Waals surface area (Å²) in [5.74, 6) is -0.223. The molecule has 0 unspecified atom stereocenters. The lowest BCUT2D eigenvalue weighted by molar-refractivity contribution is 0.0451. The molecule has 1 aromatic heterocycles. The molecule has 6 heteroatoms. The summed E-state index contributed by atoms with van der Waals surface area (Å²) in [6.07, 6.45) is 1.14. The van der Waals surface area contributed by atoms with Crippen LogP contribution < -0.4 is 0 Å². The summed E-state index contributed by atoms with van der Waals surface area (Å²) >= 11 is 0. The van der Waals surface area contributed by atoms with E-state index in [9.17, 15) is 4.79 Å². The molecule has 0 aliphatic rings. The van der Waals surface area contributed by atoms with Crippen molar-refractivity contribution in [2.24, 2.45) is 0 Å². The first-order chi connectivity index (χ1) is 7.21. The van der Waals surface area contributed by atoms with Crippen molar-refractivity contribution in [1.29, 1.82) is 0 Å². The Morgan fingerprint density at radius 1 is 1.67 bits per heavy atom. The van der Waals surface area contributed by atoms with Gasteiger partial charge in [0.2, 0.25) is 0 Å². The molecule has 1 aromatic rings. The zero-order valence-corrected chi connectivity index (χ0v) is 8.60. The molecule has 15 heavy (non-hydrogen) atoms. The van der Waals surface area contributed by atoms with Gasteiger partial charge in [0.05, 0.1) is 26.2 Å². The lowest BCUT2D eigenvalue weighted by atomic mass is 10.2. The molecule has 1 rings (SSSR count). The number of aliphatic hydroxyl groups is 1. The third kappa shape index (κ3) is 3.03. The van der Waals surface area contributed by atoms with E-state index in [1.807, 2.05) is 0 Å². The molecule has 84 valence electrons. The molecule has 0 spiro atoms. The van der Waals surface area contributed by atoms with Gasteiger partial charge in [-0.05, 0) is 0 Å². The smallest absolute Gasteiger partial charge is 0.360 e. The largest absolute Gasteiger partial charge is 0.464 e. The first-order valence-electron chi connectivity index (χ1n) is 4.37. The fraction of sp³-hybridized carbons (Fsp3) is 0.556. The minimum absolute atomic E-state index is 0.111. The van der Waals surface area contributed by atoms with E-state index >= 15 is 0 Å². The van der Waals surface area contributed by atoms with Crippen LogP contribution in [0.25, 0.3) is 0 Å². The van der Waals surface area contributed by atoms with Crippen LogP contribution in [-0.4, -0.2) is 43.0 Å². The van der Waals surface area contributed by atoms with E-state index in [0.29, 0.717) is 12.3 Å². The Morgan fingerprint density at radius 2 is 2.40 bits per heavy atom. The van der Waals surface area contributed by atoms with Crippen molar-refractivity contribution in [3.63, 3.8) is 0 Å². The lowest BCUT2D eigenvalue weighted by Crippen LogP contribution is -2.18. The van der Waals surface area contributed by atoms with E-state index in [2.05, 4.69) is 9.72 Å². The van der Waals surface area contributed by atoms with Gasteiger partial charge in [-0.2, -0.15) is 0 Å². The highest BCUT2D eigenvalue weighted by Crippen LogP contribution is 2.07. The van der Waals surface area contributed by atoms with Crippen molar-refractivity contribution in [3.8, 4) is 0 Å². The molecule has 0 fully saturated rings. The molecule has 0 aliphatic heterocycles. The fourth-order valence-electron chi connectivity index (χ4n) is 1.02. The van der Waals surface area contributed by atoms with Gasteiger partial charge in [-0.1, -0.05) is 0 Å². The lowest BCUT2D eigenvalue weighted by Gasteiger charge is -2.08. The molecule has 0 aromatic carbocycles. The molecule has 0 radical (unpaired) electrons. The number of rotatable bonds is 5. The van der Waals surface area contributed by atoms with Crippen molar-refractivity contribution in [2.75, 3.05) is 20.8 Å². The molecule has 0 aliphatic carbocycles. The minimum Gasteiger partial charge on any atom is -0.464 e. The number of carbonyl (C=O) groups excluding carboxylic acids is 1. The van der Waals surface area contributed by atoms with Gasteiger partial charge in [0.25, 0.3) is 0 Å². The molecule has 0 amide bonds. The number of ether oxygens (including phenoxy) is 2. The van der Waals surface area contributed by atoms with Crippen molar-refractivity contribution in [3.05, 3.63) is 17.8 Å². The predicted molar refractivity (Wildman–Crippen MR) is 49.4 cm³/mol. The van der Waals surface area contributed by atoms with E-state index in [1.165, 1.54) is 20.5 Å². The molecule has 1 heterocycles. The number of oxazole rings is 1. The second-order valence-corrected chi connectivity index (χ2v) is 2.86. The Morgan fingerprint density at radius 3 is 2.93 bits per heavy atom. The van der Waals surface area contributed by atoms with Crippen molar-refractivity contribution < 1.29 is 23.8 Å². The number of aliphatic hydroxyl groups excluding tert-OH is 1. The highest BCUT2D eigenvalue weighted by molar-refractivity contribution is 5.86. The first kappa shape index (κ1) is 11.7. The molecule has 0 saturated carbocycles. The SMILES string of the molecule is COC(=O)c1coc(C[C@@H](CO)OC)n1. The summed E-state index contributed by atoms with van der Waals surface area (Å²) in [5, 5.41) is 8.86. The standard InChI is InChI=1S/C9H13NO5/c1-13-6(4-11)3-8-10-7(5-15-8)9(12)14-2/h5-6,11H,3-4H2,1-2H3/t6-/m0/s1. The second kappa shape index (κ2) is 5.47. The molecule has 6 nitrogen and oxygen atoms in total. The molecule has 0 saturated heterocycles. The summed E-state index contributed by atoms with van der Waals surface area (Å²) in [6.45, 7) is -0.133. The Kier molecular flexibility index (Phi) is 4.26. The van der Waals surface area contributed by atoms with Crippen LogP contribution >= 0.6 is 0 Å². The van der Waals surface area contributed by atoms with Crippen LogP contribution in [0.15, 0.2) is 10.7 Å². The topological polar surface area (TPSA) is 81.8 Å². The van der Waals surface area contributed by atoms with Crippen LogP contribution in [-0.2, 0) is 15.9 Å². The van der Waals surface area contributed by atoms with Gasteiger partial charge in [-0.25, -0.2) is 9.78 Å². The highest BCUT2D eigenvalue weighted by Gasteiger charge is 2.15. The van der Waals surface area contributed by atoms with Crippen molar-refractivity contribution >= 4 is 5.97 Å². The maximum absolute atomic E-state index is 11.0. The van der Waals surface area contributed by atoms with Gasteiger partial charge >= 0.3 is 5.97 Å². The summed E-state index contributed by atoms with van der Waals surface area (Å²) in [7, 11) is 2.74. The van der Waals surface area contributed by atoms with Crippen molar-refractivity contribution in [2.45, 2.75) is 12.5 Å². The Hall–Kier alpha value is -1.40. The summed E-state index contributed by atoms with van der Waals surface area (Å²) in [6, 6.07) is 0. The average Bonchev–Trinajstić information content (AvgIpc) is 2.73. The van der Waals surface area contributed by atoms with Gasteiger partial charge in [0.1, 0.15) is 6.26 Å². The van der Waals surface area contributed by atoms with Crippen molar-refractivity contribution in [1.82, 2.24) is 4.98 Å². The van der Waals surface area contributed by atoms with Crippen LogP contribution in [0.5, 0.6) is 0 Å². The number of methoxy groups -OCH3 is 2. The molecule has 1 atom stereocenters. The van der Waals surface area contributed by atoms with Crippen LogP contribution in [0.1, 0.15) is 16.4 Å². The van der Waals surface area contributed by atoms with Gasteiger partial charge in [0.15, 0.2) is 11.6 Å². The van der Waals surface area contributed by atoms with Gasteiger partial charge in [-0.15, -0.1) is 0 Å². The predicted octanol–water partition coefficient (Wildman–Crippen LogP) is 0.0110. The van der Waals surface area contributed by atoms with E-state index < -0.39 is 5.97 Å². The van der Waals surface area contributed by atoms with Gasteiger partial charge in [0, 0.05) is 7.11 Å². The van der Waals surface area contributed by atoms with Crippen LogP contribution in [0, 0.1) is 0 Å². The Bertz CT molecular complexity index is 318. The van der Waals surface area contributed by atoms with E-state index in [4.69, 9.17) is 14.3 Å². The number of carbonyl (C=O) groups is 1. The number of nitrogens with zero attached hydrogens (tertiary/aromatic N) is 1. The quantitative estimate of drug-likeness (QED) is 0.697. The number of hydrogen-bond acceptors (Lipinski definition) is 6. The third-order valence-electron chi connectivity index (χ3n) is 1.89. The molecule has 0 bridgehead atoms. The first-order valence-corrected chi connectivity index (χ1v) is 4.37. The van der Waals surface area contributed by atoms with Crippen LogP contribution in [0.4, 0.5) is 0 Å². The number of esters is 1. The summed E-state index contributed by atoms with van der Waals surface area (Å²) in [5.41, 5.74) is 0.111. The zero-order valence-electron chi connectivity index (χ0n) is 8.60. The fourth-order valence-corrected chi connectivity index (χ4v) is 1.02. The Balaban J connectivity index is 2.63. The number of hydrogen-bond donors (Lipinski definition) is 1. The van der Waals surface area contributed by atoms with E-state index in [0.717, 1.165) is 0 Å². The maximum atomic E-state index is 11.0. The second-order valence-electron chi connectivity index (χ2n) is 2.86. The maximum Gasteiger partial charge on any atom is 0.360 e. The molecular formula is C9H13NO5. The third-order valence-corrected chi connectivity index (χ3v) is 1.89. The Labute approximate surface area is 86.8 Å². The normalized spacial score (nSPS) is 12.5. The van der Waals surface area contributed by atoms with E-state index in [-0.39, 0.29) is 18.4 Å². The zero-order chi connectivity index (χ0) is 11.3. The van der Waals surface area contributed by atoms with Crippen LogP contribution in [0.3, 0.4) is 0 Å². The summed E-state index contributed by atoms with van der Waals surface area (Å²) < 4.78 is 14.4. The summed E-state index contributed by atoms with van der Waals surface area (Å²) in [4.78, 5) is 14.9. The molecule has 1 N–H and O–H groups in total. The highest BCUT2D eigenvalue weighted by atomic mass is 16.5. The average molecular weight is 215 g/mol. The van der Waals surface area contributed by atoms with E-state index in [1.54, 1.807) is 0 Å². The van der Waals surface area contributed by atoms with Crippen LogP contribution in [0.2, 0.25) is 0 Å². The van der Waals surface area contributed by atoms with Gasteiger partial charge < -0.3 is 19.0 Å². The monoisotopic (exact) mass is 215 g/mol.